The van der Waals surface area contributed by atoms with Crippen LogP contribution in [-0.4, -0.2) is 49.6 Å². The van der Waals surface area contributed by atoms with Crippen LogP contribution in [0.5, 0.6) is 0 Å². The van der Waals surface area contributed by atoms with Gasteiger partial charge < -0.3 is 10.2 Å². The molecule has 31 heavy (non-hydrogen) atoms. The molecule has 2 aromatic rings. The van der Waals surface area contributed by atoms with Crippen molar-refractivity contribution in [2.75, 3.05) is 39.8 Å². The molecule has 168 valence electrons. The van der Waals surface area contributed by atoms with Crippen LogP contribution in [0.4, 0.5) is 8.78 Å². The van der Waals surface area contributed by atoms with Crippen LogP contribution in [0.3, 0.4) is 0 Å². The largest absolute Gasteiger partial charge is 0.392 e. The average molecular weight is 428 g/mol. The molecule has 0 atom stereocenters. The molecule has 0 aliphatic carbocycles. The number of hydrogen-bond acceptors (Lipinski definition) is 3. The number of unbranched alkanes of at least 4 members (excludes halogenated alkanes) is 3. The lowest BCUT2D eigenvalue weighted by atomic mass is 9.95. The maximum atomic E-state index is 14.7. The molecule has 1 aliphatic heterocycles. The predicted octanol–water partition coefficient (Wildman–Crippen LogP) is 5.36. The number of nitrogens with zero attached hydrogens (tertiary/aromatic N) is 2. The van der Waals surface area contributed by atoms with Gasteiger partial charge in [-0.2, -0.15) is 0 Å². The van der Waals surface area contributed by atoms with Gasteiger partial charge in [0.2, 0.25) is 0 Å². The van der Waals surface area contributed by atoms with E-state index in [9.17, 15) is 8.78 Å². The van der Waals surface area contributed by atoms with E-state index >= 15 is 0 Å². The van der Waals surface area contributed by atoms with Gasteiger partial charge in [-0.3, -0.25) is 4.90 Å². The highest BCUT2D eigenvalue weighted by Crippen LogP contribution is 2.32. The van der Waals surface area contributed by atoms with Crippen molar-refractivity contribution < 1.29 is 8.78 Å². The molecule has 0 amide bonds. The van der Waals surface area contributed by atoms with Crippen LogP contribution in [0.1, 0.15) is 49.3 Å². The Hall–Kier alpha value is -2.24. The van der Waals surface area contributed by atoms with Crippen molar-refractivity contribution in [1.82, 2.24) is 15.1 Å². The first-order valence-corrected chi connectivity index (χ1v) is 11.4. The molecule has 5 heteroatoms. The van der Waals surface area contributed by atoms with Gasteiger partial charge in [0.1, 0.15) is 11.6 Å². The Morgan fingerprint density at radius 1 is 0.871 bits per heavy atom. The van der Waals surface area contributed by atoms with Crippen molar-refractivity contribution in [3.63, 3.8) is 0 Å². The molecule has 1 heterocycles. The molecule has 0 spiro atoms. The number of nitrogens with one attached hydrogen (secondary N) is 1. The topological polar surface area (TPSA) is 18.5 Å². The number of benzene rings is 2. The second kappa shape index (κ2) is 12.0. The molecule has 0 saturated carbocycles. The molecular weight excluding hydrogens is 392 g/mol. The summed E-state index contributed by atoms with van der Waals surface area (Å²) in [6, 6.07) is 13.1. The van der Waals surface area contributed by atoms with E-state index in [1.54, 1.807) is 24.3 Å². The minimum absolute atomic E-state index is 0.279. The van der Waals surface area contributed by atoms with Crippen molar-refractivity contribution in [2.24, 2.45) is 0 Å². The van der Waals surface area contributed by atoms with Gasteiger partial charge in [-0.1, -0.05) is 55.8 Å². The molecule has 2 aromatic carbocycles. The summed E-state index contributed by atoms with van der Waals surface area (Å²) in [7, 11) is 1.92. The van der Waals surface area contributed by atoms with Crippen molar-refractivity contribution in [3.8, 4) is 0 Å². The third kappa shape index (κ3) is 6.62. The average Bonchev–Trinajstić information content (AvgIpc) is 2.79. The first-order chi connectivity index (χ1) is 15.1. The summed E-state index contributed by atoms with van der Waals surface area (Å²) in [6.07, 6.45) is 5.87. The van der Waals surface area contributed by atoms with Crippen molar-refractivity contribution in [1.29, 1.82) is 0 Å². The highest BCUT2D eigenvalue weighted by Gasteiger charge is 2.29. The minimum atomic E-state index is -0.398. The zero-order chi connectivity index (χ0) is 22.1. The van der Waals surface area contributed by atoms with Gasteiger partial charge in [-0.25, -0.2) is 8.78 Å². The molecule has 1 saturated heterocycles. The van der Waals surface area contributed by atoms with Gasteiger partial charge in [0.05, 0.1) is 6.04 Å². The highest BCUT2D eigenvalue weighted by molar-refractivity contribution is 5.34. The number of allylic oxidation sites excluding steroid dienone is 1. The quantitative estimate of drug-likeness (QED) is 0.487. The van der Waals surface area contributed by atoms with Crippen LogP contribution in [-0.2, 0) is 0 Å². The molecule has 1 aliphatic rings. The summed E-state index contributed by atoms with van der Waals surface area (Å²) in [4.78, 5) is 4.69. The first-order valence-electron chi connectivity index (χ1n) is 11.4. The van der Waals surface area contributed by atoms with Gasteiger partial charge in [0.15, 0.2) is 0 Å². The van der Waals surface area contributed by atoms with Crippen LogP contribution >= 0.6 is 0 Å². The maximum absolute atomic E-state index is 14.7. The lowest BCUT2D eigenvalue weighted by Gasteiger charge is -2.40. The van der Waals surface area contributed by atoms with E-state index in [2.05, 4.69) is 21.7 Å². The number of piperazine rings is 1. The van der Waals surface area contributed by atoms with Crippen molar-refractivity contribution in [3.05, 3.63) is 83.6 Å². The monoisotopic (exact) mass is 427 g/mol. The summed E-state index contributed by atoms with van der Waals surface area (Å²) < 4.78 is 29.3. The predicted molar refractivity (Wildman–Crippen MR) is 124 cm³/mol. The molecule has 3 nitrogen and oxygen atoms in total. The Morgan fingerprint density at radius 2 is 1.42 bits per heavy atom. The Labute approximate surface area is 185 Å². The van der Waals surface area contributed by atoms with E-state index in [4.69, 9.17) is 0 Å². The van der Waals surface area contributed by atoms with E-state index in [0.29, 0.717) is 11.1 Å². The van der Waals surface area contributed by atoms with E-state index in [0.717, 1.165) is 44.8 Å². The van der Waals surface area contributed by atoms with E-state index in [-0.39, 0.29) is 11.6 Å². The molecule has 1 fully saturated rings. The molecule has 0 radical (unpaired) electrons. The van der Waals surface area contributed by atoms with Crippen LogP contribution in [0.2, 0.25) is 0 Å². The first kappa shape index (κ1) is 23.4. The fourth-order valence-corrected chi connectivity index (χ4v) is 4.35. The zero-order valence-electron chi connectivity index (χ0n) is 18.6. The van der Waals surface area contributed by atoms with Crippen molar-refractivity contribution in [2.45, 2.75) is 38.1 Å². The standard InChI is InChI=1S/C26H35F2N3/c1-21(29-2)11-5-3-4-10-16-30-17-19-31(20-18-30)26(22-12-6-8-14-24(22)27)23-13-7-9-15-25(23)28/h6-9,12-15,26,29H,1,3-5,10-11,16-20H2,2H3. The lowest BCUT2D eigenvalue weighted by molar-refractivity contribution is 0.105. The van der Waals surface area contributed by atoms with E-state index in [1.807, 2.05) is 19.2 Å². The fourth-order valence-electron chi connectivity index (χ4n) is 4.35. The minimum Gasteiger partial charge on any atom is -0.392 e. The van der Waals surface area contributed by atoms with Gasteiger partial charge >= 0.3 is 0 Å². The molecule has 0 unspecified atom stereocenters. The Morgan fingerprint density at radius 3 is 1.97 bits per heavy atom. The van der Waals surface area contributed by atoms with Crippen LogP contribution in [0, 0.1) is 11.6 Å². The normalized spacial score (nSPS) is 15.4. The lowest BCUT2D eigenvalue weighted by Crippen LogP contribution is -2.48. The summed E-state index contributed by atoms with van der Waals surface area (Å²) in [5.41, 5.74) is 2.20. The SMILES string of the molecule is C=C(CCCCCCN1CCN(C(c2ccccc2F)c2ccccc2F)CC1)NC. The van der Waals surface area contributed by atoms with Gasteiger partial charge in [-0.15, -0.1) is 0 Å². The summed E-state index contributed by atoms with van der Waals surface area (Å²) in [6.45, 7) is 8.51. The Kier molecular flexibility index (Phi) is 9.04. The van der Waals surface area contributed by atoms with Crippen molar-refractivity contribution >= 4 is 0 Å². The third-order valence-corrected chi connectivity index (χ3v) is 6.23. The molecular formula is C26H35F2N3. The highest BCUT2D eigenvalue weighted by atomic mass is 19.1. The second-order valence-corrected chi connectivity index (χ2v) is 8.34. The van der Waals surface area contributed by atoms with Crippen LogP contribution in [0.15, 0.2) is 60.8 Å². The number of hydrogen-bond donors (Lipinski definition) is 1. The number of halogens is 2. The number of rotatable bonds is 11. The second-order valence-electron chi connectivity index (χ2n) is 8.34. The smallest absolute Gasteiger partial charge is 0.128 e. The molecule has 0 aromatic heterocycles. The Bertz CT molecular complexity index is 785. The van der Waals surface area contributed by atoms with Crippen LogP contribution in [0.25, 0.3) is 0 Å². The summed E-state index contributed by atoms with van der Waals surface area (Å²) in [5.74, 6) is -0.557. The molecule has 0 bridgehead atoms. The summed E-state index contributed by atoms with van der Waals surface area (Å²) >= 11 is 0. The summed E-state index contributed by atoms with van der Waals surface area (Å²) in [5, 5.41) is 3.10. The third-order valence-electron chi connectivity index (χ3n) is 6.23. The van der Waals surface area contributed by atoms with Crippen LogP contribution < -0.4 is 5.32 Å². The zero-order valence-corrected chi connectivity index (χ0v) is 18.6. The maximum Gasteiger partial charge on any atom is 0.128 e. The fraction of sp³-hybridized carbons (Fsp3) is 0.462. The van der Waals surface area contributed by atoms with Gasteiger partial charge in [0.25, 0.3) is 0 Å². The van der Waals surface area contributed by atoms with Gasteiger partial charge in [-0.05, 0) is 37.9 Å². The Balaban J connectivity index is 1.55. The van der Waals surface area contributed by atoms with E-state index in [1.165, 1.54) is 37.8 Å². The molecule has 3 rings (SSSR count). The van der Waals surface area contributed by atoms with Gasteiger partial charge in [0, 0.05) is 50.1 Å². The van der Waals surface area contributed by atoms with E-state index < -0.39 is 6.04 Å². The molecule has 1 N–H and O–H groups in total.